The van der Waals surface area contributed by atoms with Crippen molar-refractivity contribution in [1.29, 1.82) is 0 Å². The zero-order valence-corrected chi connectivity index (χ0v) is 127. The zero-order valence-electron chi connectivity index (χ0n) is 66.7. The Kier molecular flexibility index (Phi) is 74.4. The van der Waals surface area contributed by atoms with Gasteiger partial charge in [-0.1, -0.05) is 212 Å². The Bertz CT molecular complexity index is 4610. The lowest BCUT2D eigenvalue weighted by atomic mass is 10.0. The lowest BCUT2D eigenvalue weighted by Crippen LogP contribution is -1.94. The number of halogens is 39. The molecule has 0 aliphatic carbocycles. The van der Waals surface area contributed by atoms with Gasteiger partial charge in [0.15, 0.2) is 0 Å². The molecule has 0 unspecified atom stereocenters. The van der Waals surface area contributed by atoms with Gasteiger partial charge in [-0.05, 0) is 674 Å². The molecule has 40 heteroatoms. The smallest absolute Gasteiger partial charge is 0.214 e. The van der Waals surface area contributed by atoms with Crippen LogP contribution >= 0.6 is 604 Å². The third kappa shape index (κ3) is 41.8. The molecule has 692 valence electrons. The number of alkyl halides is 3. The average Bonchev–Trinajstić information content (AvgIpc) is 0.785. The van der Waals surface area contributed by atoms with Gasteiger partial charge in [0, 0.05) is 164 Å². The van der Waals surface area contributed by atoms with Crippen LogP contribution in [0.25, 0.3) is 0 Å². The molecule has 0 aliphatic rings. The molecule has 127 heavy (non-hydrogen) atoms. The van der Waals surface area contributed by atoms with Gasteiger partial charge in [-0.25, -0.2) is 30.1 Å². The molecule has 0 bridgehead atoms. The maximum atomic E-state index is 4.94. The highest BCUT2D eigenvalue weighted by Crippen LogP contribution is 2.51. The normalized spacial score (nSPS) is 10.4. The van der Waals surface area contributed by atoms with E-state index in [-0.39, 0.29) is 0 Å². The molecule has 0 heterocycles. The third-order valence-corrected chi connectivity index (χ3v) is 59.4. The maximum Gasteiger partial charge on any atom is 0.643 e. The van der Waals surface area contributed by atoms with Crippen molar-refractivity contribution in [2.75, 3.05) is 0 Å². The zero-order chi connectivity index (χ0) is 97.0. The van der Waals surface area contributed by atoms with E-state index in [1.807, 2.05) is 0 Å². The molecule has 0 radical (unpaired) electrons. The number of benzene rings is 11. The van der Waals surface area contributed by atoms with Crippen LogP contribution < -0.4 is 0 Å². The van der Waals surface area contributed by atoms with Crippen LogP contribution in [0, 0.1) is 0 Å². The summed E-state index contributed by atoms with van der Waals surface area (Å²) in [6.45, 7) is 15.0. The fourth-order valence-corrected chi connectivity index (χ4v) is 38.7. The molecule has 0 saturated heterocycles. The van der Waals surface area contributed by atoms with E-state index in [4.69, 9.17) is 30.1 Å². The van der Waals surface area contributed by atoms with Crippen molar-refractivity contribution in [1.82, 2.24) is 0 Å². The Hall–Kier alpha value is 10.1. The van der Waals surface area contributed by atoms with E-state index in [9.17, 15) is 0 Å². The second kappa shape index (κ2) is 71.0. The first-order valence-electron chi connectivity index (χ1n) is 36.6. The Morgan fingerprint density at radius 1 is 0.157 bits per heavy atom. The predicted octanol–water partition coefficient (Wildman–Crippen LogP) is 52.2. The van der Waals surface area contributed by atoms with E-state index in [1.54, 1.807) is 0 Å². The van der Waals surface area contributed by atoms with Crippen LogP contribution in [0.15, 0.2) is 263 Å². The van der Waals surface area contributed by atoms with Crippen LogP contribution in [-0.4, -0.2) is 11.4 Å². The minimum absolute atomic E-state index is 0.790. The van der Waals surface area contributed by atoms with Crippen LogP contribution in [0.4, 0.5) is 0 Å². The largest absolute Gasteiger partial charge is 0.643 e. The van der Waals surface area contributed by atoms with E-state index in [2.05, 4.69) is 737 Å². The first kappa shape index (κ1) is 133. The van der Waals surface area contributed by atoms with Crippen LogP contribution in [0.3, 0.4) is 0 Å². The molecular weight excluding hydrogens is 4050 g/mol. The van der Waals surface area contributed by atoms with Gasteiger partial charge in [0.1, 0.15) is 0 Å². The molecule has 11 aromatic carbocycles. The van der Waals surface area contributed by atoms with Crippen LogP contribution in [-0.2, 0) is 86.6 Å². The SMILES string of the molecule is BrCc1c(Br)c(Br)c(Br)c(Br)c1Br.BrCc1c(Br)c(Br)c(CBr)c(Br)c1Br.CCc1c(Br)c(Br)c(Br)c(Br)c1Br.CCc1c(Br)c(Br)c(Br)c(Br)c1Br.CCc1c(Br)c(Br)c(Br)c(Br)c1Br.CCc1c(Br)c(Br)c(Br)c(Br)c1Br.CCc1c(Br)c(Br)c(CC)c(Br)c1Br.CCc1ccc(CCc2ccccc2)cc1.[Cl][Al]([Cl])[Cl].c1ccc(CCc2ccccc2)cc1. The van der Waals surface area contributed by atoms with Gasteiger partial charge in [-0.15, -0.1) is 0 Å². The van der Waals surface area contributed by atoms with E-state index in [0.29, 0.717) is 0 Å². The standard InChI is InChI=1S/C16H18.C14H14.C10H10Br4.C8H4Br6.4C8H5Br5.C7H2Br6.Al.3ClH/c1-2-14-8-10-16(11-9-14)13-12-15-6-4-3-5-7-15;1-3-7-13(8-4-1)11-12-14-9-5-2-6-10-14;1-3-5-7(11)9(13)6(4-2)10(14)8(5)12;9-1-3-5(11)7(13)4(2-10)8(14)6(3)12;4*1-2-3-4(9)6(11)8(13)7(12)5(3)10;8-1-2-3(9)5(11)7(13)6(12)4(2)10;;;;/h3-11H,2,12-13H2,1H3;1-10H,11-12H2;3-4H2,1-2H3;1-2H2;4*2H2,1H3;1H2;;3*1H/q;;;;;;;;;+3;;;/p-3. The molecule has 0 aliphatic heterocycles. The van der Waals surface area contributed by atoms with Gasteiger partial charge >= 0.3 is 11.4 Å². The van der Waals surface area contributed by atoms with Gasteiger partial charge in [-0.3, -0.25) is 0 Å². The minimum atomic E-state index is -1.72. The van der Waals surface area contributed by atoms with Crippen molar-refractivity contribution in [2.24, 2.45) is 0 Å². The summed E-state index contributed by atoms with van der Waals surface area (Å²) in [5.74, 6) is 0. The van der Waals surface area contributed by atoms with Crippen molar-refractivity contribution >= 4 is 615 Å². The van der Waals surface area contributed by atoms with Crippen LogP contribution in [0.5, 0.6) is 0 Å². The van der Waals surface area contributed by atoms with Gasteiger partial charge in [-0.2, -0.15) is 0 Å². The van der Waals surface area contributed by atoms with Crippen LogP contribution in [0.2, 0.25) is 0 Å². The molecule has 0 nitrogen and oxygen atoms in total. The summed E-state index contributed by atoms with van der Waals surface area (Å²) < 4.78 is 35.2. The van der Waals surface area contributed by atoms with Gasteiger partial charge in [0.05, 0.1) is 0 Å². The van der Waals surface area contributed by atoms with Gasteiger partial charge in [0.2, 0.25) is 0 Å². The molecule has 0 saturated carbocycles. The fraction of sp³-hybridized carbons (Fsp3) is 0.241. The number of hydrogen-bond acceptors (Lipinski definition) is 0. The van der Waals surface area contributed by atoms with Crippen molar-refractivity contribution in [3.63, 3.8) is 0 Å². The highest BCUT2D eigenvalue weighted by atomic mass is 80.0. The summed E-state index contributed by atoms with van der Waals surface area (Å²) in [4.78, 5) is 0. The van der Waals surface area contributed by atoms with E-state index < -0.39 is 11.4 Å². The molecule has 11 rings (SSSR count). The Balaban J connectivity index is 0.000000481. The topological polar surface area (TPSA) is 0 Å². The Morgan fingerprint density at radius 2 is 0.268 bits per heavy atom. The Labute approximate surface area is 1070 Å². The lowest BCUT2D eigenvalue weighted by Gasteiger charge is -2.14. The summed E-state index contributed by atoms with van der Waals surface area (Å²) in [5, 5.41) is 2.39. The summed E-state index contributed by atoms with van der Waals surface area (Å²) in [6.07, 6.45) is 11.6. The molecule has 0 fully saturated rings. The summed E-state index contributed by atoms with van der Waals surface area (Å²) in [6, 6.07) is 40.9. The predicted molar refractivity (Wildman–Crippen MR) is 687 cm³/mol. The van der Waals surface area contributed by atoms with E-state index in [1.165, 1.54) is 77.9 Å². The van der Waals surface area contributed by atoms with Gasteiger partial charge in [0.25, 0.3) is 0 Å². The molecule has 0 amide bonds. The molecule has 11 aromatic rings. The molecule has 0 aromatic heterocycles. The third-order valence-electron chi connectivity index (χ3n) is 17.3. The van der Waals surface area contributed by atoms with E-state index in [0.717, 1.165) is 234 Å². The Morgan fingerprint density at radius 3 is 0.402 bits per heavy atom. The van der Waals surface area contributed by atoms with E-state index >= 15 is 0 Å². The second-order valence-corrected chi connectivity index (χ2v) is 59.3. The quantitative estimate of drug-likeness (QED) is 0.0391. The van der Waals surface area contributed by atoms with Crippen molar-refractivity contribution in [2.45, 2.75) is 135 Å². The monoisotopic (exact) mass is 4090 g/mol. The van der Waals surface area contributed by atoms with Crippen molar-refractivity contribution in [3.05, 3.63) is 341 Å². The van der Waals surface area contributed by atoms with Gasteiger partial charge < -0.3 is 0 Å². The number of hydrogen-bond donors (Lipinski definition) is 0. The second-order valence-electron chi connectivity index (χ2n) is 25.1. The molecular formula is C87H68AlBr36Cl3. The first-order chi connectivity index (χ1) is 59.7. The molecule has 0 atom stereocenters. The maximum absolute atomic E-state index is 4.94. The first-order valence-corrected chi connectivity index (χ1v) is 71.4. The molecule has 0 N–H and O–H groups in total. The number of aryl methyl sites for hydroxylation is 5. The number of rotatable bonds is 16. The van der Waals surface area contributed by atoms with Crippen molar-refractivity contribution < 1.29 is 0 Å². The highest BCUT2D eigenvalue weighted by Gasteiger charge is 2.23. The summed E-state index contributed by atoms with van der Waals surface area (Å²) in [5.41, 5.74) is 18.2. The van der Waals surface area contributed by atoms with Crippen molar-refractivity contribution in [3.8, 4) is 0 Å². The highest BCUT2D eigenvalue weighted by molar-refractivity contribution is 9.19. The minimum Gasteiger partial charge on any atom is -0.214 e. The summed E-state index contributed by atoms with van der Waals surface area (Å²) >= 11 is 125. The lowest BCUT2D eigenvalue weighted by molar-refractivity contribution is 0.957. The summed E-state index contributed by atoms with van der Waals surface area (Å²) in [7, 11) is 14.8. The fourth-order valence-electron chi connectivity index (χ4n) is 10.4. The average molecular weight is 4120 g/mol. The molecule has 0 spiro atoms. The van der Waals surface area contributed by atoms with Crippen LogP contribution in [0.1, 0.15) is 126 Å².